The largest absolute Gasteiger partial charge is 0.387 e. The smallest absolute Gasteiger partial charge is 0.251 e. The molecule has 0 aliphatic carbocycles. The van der Waals surface area contributed by atoms with Crippen molar-refractivity contribution in [1.82, 2.24) is 10.6 Å². The number of hydrogen-bond donors (Lipinski definition) is 3. The molecule has 0 saturated carbocycles. The predicted molar refractivity (Wildman–Crippen MR) is 68.5 cm³/mol. The van der Waals surface area contributed by atoms with Gasteiger partial charge in [0, 0.05) is 18.2 Å². The van der Waals surface area contributed by atoms with Gasteiger partial charge in [-0.1, -0.05) is 12.1 Å². The van der Waals surface area contributed by atoms with Gasteiger partial charge >= 0.3 is 0 Å². The van der Waals surface area contributed by atoms with E-state index in [9.17, 15) is 9.90 Å². The monoisotopic (exact) mass is 246 g/mol. The van der Waals surface area contributed by atoms with E-state index in [4.69, 9.17) is 0 Å². The first-order valence-corrected chi connectivity index (χ1v) is 6.58. The number of benzene rings is 1. The Balaban J connectivity index is 1.88. The Morgan fingerprint density at radius 3 is 3.00 bits per heavy atom. The molecule has 3 N–H and O–H groups in total. The molecule has 96 valence electrons. The van der Waals surface area contributed by atoms with Crippen LogP contribution in [0, 0.1) is 0 Å². The molecular weight excluding hydrogens is 228 g/mol. The van der Waals surface area contributed by atoms with E-state index in [-0.39, 0.29) is 11.9 Å². The number of aliphatic hydroxyl groups excluding tert-OH is 1. The molecule has 3 rings (SSSR count). The number of aliphatic hydroxyl groups is 1. The Bertz CT molecular complexity index is 467. The summed E-state index contributed by atoms with van der Waals surface area (Å²) in [5.74, 6) is -0.0234. The normalized spacial score (nSPS) is 24.5. The van der Waals surface area contributed by atoms with E-state index >= 15 is 0 Å². The fourth-order valence-electron chi connectivity index (χ4n) is 2.83. The van der Waals surface area contributed by atoms with Crippen LogP contribution in [-0.4, -0.2) is 30.1 Å². The zero-order chi connectivity index (χ0) is 12.5. The van der Waals surface area contributed by atoms with Gasteiger partial charge in [0.2, 0.25) is 0 Å². The van der Waals surface area contributed by atoms with E-state index in [1.165, 1.54) is 0 Å². The molecule has 4 heteroatoms. The van der Waals surface area contributed by atoms with E-state index in [0.717, 1.165) is 42.5 Å². The quantitative estimate of drug-likeness (QED) is 0.722. The number of nitrogens with one attached hydrogen (secondary N) is 2. The van der Waals surface area contributed by atoms with Crippen molar-refractivity contribution >= 4 is 5.91 Å². The van der Waals surface area contributed by atoms with Crippen LogP contribution in [0.1, 0.15) is 40.4 Å². The Morgan fingerprint density at radius 2 is 2.22 bits per heavy atom. The summed E-state index contributed by atoms with van der Waals surface area (Å²) in [6.07, 6.45) is 2.45. The number of carbonyl (C=O) groups is 1. The van der Waals surface area contributed by atoms with Crippen molar-refractivity contribution in [3.05, 3.63) is 34.9 Å². The molecule has 1 aromatic carbocycles. The van der Waals surface area contributed by atoms with Crippen molar-refractivity contribution in [2.75, 3.05) is 13.1 Å². The standard InChI is InChI=1S/C14H18N2O2/c17-13(12-2-1-6-15-12)10-4-3-9-5-7-16-14(18)11(9)8-10/h3-4,8,12-13,15,17H,1-2,5-7H2,(H,16,18). The summed E-state index contributed by atoms with van der Waals surface area (Å²) in [5.41, 5.74) is 2.63. The van der Waals surface area contributed by atoms with Gasteiger partial charge in [0.1, 0.15) is 0 Å². The van der Waals surface area contributed by atoms with Crippen LogP contribution < -0.4 is 10.6 Å². The number of hydrogen-bond acceptors (Lipinski definition) is 3. The summed E-state index contributed by atoms with van der Waals surface area (Å²) in [4.78, 5) is 11.8. The highest BCUT2D eigenvalue weighted by atomic mass is 16.3. The molecule has 1 amide bonds. The molecule has 4 nitrogen and oxygen atoms in total. The maximum atomic E-state index is 11.8. The second-order valence-corrected chi connectivity index (χ2v) is 5.07. The minimum Gasteiger partial charge on any atom is -0.387 e. The lowest BCUT2D eigenvalue weighted by Gasteiger charge is -2.22. The van der Waals surface area contributed by atoms with E-state index in [0.29, 0.717) is 6.54 Å². The fourth-order valence-corrected chi connectivity index (χ4v) is 2.83. The summed E-state index contributed by atoms with van der Waals surface area (Å²) in [5, 5.41) is 16.4. The lowest BCUT2D eigenvalue weighted by atomic mass is 9.93. The first kappa shape index (κ1) is 11.7. The molecule has 1 aromatic rings. The molecular formula is C14H18N2O2. The minimum absolute atomic E-state index is 0.0234. The van der Waals surface area contributed by atoms with Crippen LogP contribution >= 0.6 is 0 Å². The number of fused-ring (bicyclic) bond motifs is 1. The molecule has 2 aliphatic rings. The number of amides is 1. The third-order valence-corrected chi connectivity index (χ3v) is 3.88. The highest BCUT2D eigenvalue weighted by Gasteiger charge is 2.25. The van der Waals surface area contributed by atoms with Gasteiger partial charge in [0.15, 0.2) is 0 Å². The van der Waals surface area contributed by atoms with Gasteiger partial charge in [-0.3, -0.25) is 4.79 Å². The summed E-state index contributed by atoms with van der Waals surface area (Å²) < 4.78 is 0. The second-order valence-electron chi connectivity index (χ2n) is 5.07. The Morgan fingerprint density at radius 1 is 1.33 bits per heavy atom. The third kappa shape index (κ3) is 2.02. The van der Waals surface area contributed by atoms with Crippen molar-refractivity contribution in [1.29, 1.82) is 0 Å². The van der Waals surface area contributed by atoms with E-state index in [2.05, 4.69) is 10.6 Å². The van der Waals surface area contributed by atoms with Gasteiger partial charge in [0.25, 0.3) is 5.91 Å². The van der Waals surface area contributed by atoms with Crippen LogP contribution in [-0.2, 0) is 6.42 Å². The van der Waals surface area contributed by atoms with Crippen molar-refractivity contribution in [2.45, 2.75) is 31.4 Å². The summed E-state index contributed by atoms with van der Waals surface area (Å²) in [6.45, 7) is 1.67. The van der Waals surface area contributed by atoms with E-state index < -0.39 is 6.10 Å². The zero-order valence-corrected chi connectivity index (χ0v) is 10.3. The van der Waals surface area contributed by atoms with Gasteiger partial charge in [-0.05, 0) is 43.0 Å². The molecule has 0 aromatic heterocycles. The lowest BCUT2D eigenvalue weighted by Crippen LogP contribution is -2.33. The molecule has 2 atom stereocenters. The first-order chi connectivity index (χ1) is 8.75. The molecule has 2 aliphatic heterocycles. The van der Waals surface area contributed by atoms with Crippen LogP contribution in [0.3, 0.4) is 0 Å². The van der Waals surface area contributed by atoms with Crippen molar-refractivity contribution in [2.24, 2.45) is 0 Å². The molecule has 1 fully saturated rings. The average Bonchev–Trinajstić information content (AvgIpc) is 2.92. The SMILES string of the molecule is O=C1NCCc2ccc(C(O)C3CCCN3)cc21. The third-order valence-electron chi connectivity index (χ3n) is 3.88. The van der Waals surface area contributed by atoms with Crippen LogP contribution in [0.5, 0.6) is 0 Å². The van der Waals surface area contributed by atoms with Crippen molar-refractivity contribution < 1.29 is 9.90 Å². The van der Waals surface area contributed by atoms with Crippen LogP contribution in [0.25, 0.3) is 0 Å². The van der Waals surface area contributed by atoms with Gasteiger partial charge in [-0.15, -0.1) is 0 Å². The average molecular weight is 246 g/mol. The summed E-state index contributed by atoms with van der Waals surface area (Å²) in [7, 11) is 0. The van der Waals surface area contributed by atoms with Crippen molar-refractivity contribution in [3.63, 3.8) is 0 Å². The second kappa shape index (κ2) is 4.71. The Hall–Kier alpha value is -1.39. The Labute approximate surface area is 106 Å². The molecule has 0 radical (unpaired) electrons. The van der Waals surface area contributed by atoms with Crippen LogP contribution in [0.2, 0.25) is 0 Å². The summed E-state index contributed by atoms with van der Waals surface area (Å²) >= 11 is 0. The maximum Gasteiger partial charge on any atom is 0.251 e. The van der Waals surface area contributed by atoms with Crippen LogP contribution in [0.15, 0.2) is 18.2 Å². The maximum absolute atomic E-state index is 11.8. The Kier molecular flexibility index (Phi) is 3.06. The molecule has 1 saturated heterocycles. The van der Waals surface area contributed by atoms with E-state index in [1.54, 1.807) is 0 Å². The molecule has 0 bridgehead atoms. The van der Waals surface area contributed by atoms with Crippen LogP contribution in [0.4, 0.5) is 0 Å². The predicted octanol–water partition coefficient (Wildman–Crippen LogP) is 0.758. The number of rotatable bonds is 2. The van der Waals surface area contributed by atoms with Gasteiger partial charge in [-0.25, -0.2) is 0 Å². The highest BCUT2D eigenvalue weighted by Crippen LogP contribution is 2.25. The van der Waals surface area contributed by atoms with Gasteiger partial charge < -0.3 is 15.7 Å². The van der Waals surface area contributed by atoms with E-state index in [1.807, 2.05) is 18.2 Å². The summed E-state index contributed by atoms with van der Waals surface area (Å²) in [6, 6.07) is 5.88. The first-order valence-electron chi connectivity index (χ1n) is 6.58. The van der Waals surface area contributed by atoms with Gasteiger partial charge in [-0.2, -0.15) is 0 Å². The minimum atomic E-state index is -0.521. The zero-order valence-electron chi connectivity index (χ0n) is 10.3. The van der Waals surface area contributed by atoms with Crippen molar-refractivity contribution in [3.8, 4) is 0 Å². The molecule has 0 spiro atoms. The topological polar surface area (TPSA) is 61.4 Å². The van der Waals surface area contributed by atoms with Gasteiger partial charge in [0.05, 0.1) is 6.10 Å². The molecule has 18 heavy (non-hydrogen) atoms. The molecule has 2 heterocycles. The highest BCUT2D eigenvalue weighted by molar-refractivity contribution is 5.96. The number of carbonyl (C=O) groups excluding carboxylic acids is 1. The molecule has 2 unspecified atom stereocenters. The fraction of sp³-hybridized carbons (Fsp3) is 0.500. The lowest BCUT2D eigenvalue weighted by molar-refractivity contribution is 0.0945.